The predicted octanol–water partition coefficient (Wildman–Crippen LogP) is 3.74. The molecule has 9 heteroatoms. The average molecular weight is 416 g/mol. The van der Waals surface area contributed by atoms with E-state index in [0.29, 0.717) is 27.1 Å². The van der Waals surface area contributed by atoms with Crippen LogP contribution in [0.4, 0.5) is 0 Å². The van der Waals surface area contributed by atoms with Crippen molar-refractivity contribution in [3.8, 4) is 11.5 Å². The minimum Gasteiger partial charge on any atom is -0.493 e. The second-order valence-corrected chi connectivity index (χ2v) is 7.40. The van der Waals surface area contributed by atoms with Crippen molar-refractivity contribution in [2.24, 2.45) is 0 Å². The van der Waals surface area contributed by atoms with Crippen molar-refractivity contribution in [2.75, 3.05) is 14.2 Å². The number of hydrogen-bond acceptors (Lipinski definition) is 5. The highest BCUT2D eigenvalue weighted by Gasteiger charge is 2.15. The number of rotatable bonds is 6. The summed E-state index contributed by atoms with van der Waals surface area (Å²) in [4.78, 5) is 12.2. The van der Waals surface area contributed by atoms with E-state index in [4.69, 9.17) is 32.7 Å². The van der Waals surface area contributed by atoms with Crippen LogP contribution in [0, 0.1) is 0 Å². The minimum absolute atomic E-state index is 0.106. The Balaban J connectivity index is 2.16. The van der Waals surface area contributed by atoms with Gasteiger partial charge in [-0.05, 0) is 42.0 Å². The van der Waals surface area contributed by atoms with Crippen LogP contribution >= 0.6 is 23.2 Å². The lowest BCUT2D eigenvalue weighted by Crippen LogP contribution is -2.28. The molecule has 138 valence electrons. The van der Waals surface area contributed by atoms with E-state index in [2.05, 4.69) is 0 Å². The number of carbonyl (C=O) groups is 1. The summed E-state index contributed by atoms with van der Waals surface area (Å²) in [5, 5.41) is 1.51. The molecule has 0 fully saturated rings. The molecule has 0 atom stereocenters. The van der Waals surface area contributed by atoms with Crippen molar-refractivity contribution in [1.29, 1.82) is 0 Å². The molecule has 0 aromatic heterocycles. The van der Waals surface area contributed by atoms with Crippen molar-refractivity contribution in [3.05, 3.63) is 63.0 Å². The maximum atomic E-state index is 12.2. The van der Waals surface area contributed by atoms with Gasteiger partial charge >= 0.3 is 0 Å². The summed E-state index contributed by atoms with van der Waals surface area (Å²) in [6.07, 6.45) is 1.30. The molecule has 0 bridgehead atoms. The van der Waals surface area contributed by atoms with Crippen molar-refractivity contribution in [1.82, 2.24) is 4.72 Å². The number of methoxy groups -OCH3 is 2. The SMILES string of the molecule is COc1ccc(C(=O)NS(=O)(=O)C=Cc2ccc(Cl)c(Cl)c2)cc1OC. The lowest BCUT2D eigenvalue weighted by molar-refractivity contribution is 0.0981. The predicted molar refractivity (Wildman–Crippen MR) is 101 cm³/mol. The van der Waals surface area contributed by atoms with E-state index < -0.39 is 15.9 Å². The molecule has 0 spiro atoms. The third kappa shape index (κ3) is 5.14. The summed E-state index contributed by atoms with van der Waals surface area (Å²) in [6, 6.07) is 8.95. The summed E-state index contributed by atoms with van der Waals surface area (Å²) in [5.74, 6) is -0.0694. The normalized spacial score (nSPS) is 11.4. The molecular formula is C17H15Cl2NO5S. The first-order valence-electron chi connectivity index (χ1n) is 7.18. The second-order valence-electron chi connectivity index (χ2n) is 5.02. The van der Waals surface area contributed by atoms with Crippen LogP contribution in [-0.4, -0.2) is 28.5 Å². The number of hydrogen-bond donors (Lipinski definition) is 1. The Bertz CT molecular complexity index is 958. The Morgan fingerprint density at radius 3 is 2.31 bits per heavy atom. The van der Waals surface area contributed by atoms with Gasteiger partial charge in [0.25, 0.3) is 15.9 Å². The van der Waals surface area contributed by atoms with Gasteiger partial charge in [0.1, 0.15) is 0 Å². The molecule has 0 aliphatic heterocycles. The zero-order chi connectivity index (χ0) is 19.3. The van der Waals surface area contributed by atoms with Gasteiger partial charge in [0, 0.05) is 5.56 Å². The molecule has 0 saturated heterocycles. The van der Waals surface area contributed by atoms with Crippen molar-refractivity contribution >= 4 is 45.2 Å². The summed E-state index contributed by atoms with van der Waals surface area (Å²) in [5.41, 5.74) is 0.623. The number of sulfonamides is 1. The summed E-state index contributed by atoms with van der Waals surface area (Å²) < 4.78 is 36.3. The number of benzene rings is 2. The lowest BCUT2D eigenvalue weighted by atomic mass is 10.2. The third-order valence-corrected chi connectivity index (χ3v) is 4.97. The van der Waals surface area contributed by atoms with E-state index in [0.717, 1.165) is 5.41 Å². The molecule has 0 aliphatic carbocycles. The molecule has 2 rings (SSSR count). The van der Waals surface area contributed by atoms with Crippen LogP contribution in [0.15, 0.2) is 41.8 Å². The highest BCUT2D eigenvalue weighted by molar-refractivity contribution is 7.93. The Hall–Kier alpha value is -2.22. The molecule has 0 radical (unpaired) electrons. The lowest BCUT2D eigenvalue weighted by Gasteiger charge is -2.09. The highest BCUT2D eigenvalue weighted by Crippen LogP contribution is 2.27. The molecule has 0 saturated carbocycles. The molecule has 2 aromatic rings. The summed E-state index contributed by atoms with van der Waals surface area (Å²) >= 11 is 11.7. The highest BCUT2D eigenvalue weighted by atomic mass is 35.5. The van der Waals surface area contributed by atoms with Crippen LogP contribution in [0.3, 0.4) is 0 Å². The van der Waals surface area contributed by atoms with Crippen molar-refractivity contribution < 1.29 is 22.7 Å². The van der Waals surface area contributed by atoms with Gasteiger partial charge in [-0.25, -0.2) is 13.1 Å². The fraction of sp³-hybridized carbons (Fsp3) is 0.118. The van der Waals surface area contributed by atoms with Crippen LogP contribution < -0.4 is 14.2 Å². The Labute approximate surface area is 161 Å². The van der Waals surface area contributed by atoms with Gasteiger partial charge in [0.05, 0.1) is 29.7 Å². The third-order valence-electron chi connectivity index (χ3n) is 3.26. The van der Waals surface area contributed by atoms with Gasteiger partial charge < -0.3 is 9.47 Å². The molecule has 6 nitrogen and oxygen atoms in total. The first-order chi connectivity index (χ1) is 12.3. The van der Waals surface area contributed by atoms with Gasteiger partial charge in [-0.2, -0.15) is 0 Å². The zero-order valence-corrected chi connectivity index (χ0v) is 16.2. The number of nitrogens with one attached hydrogen (secondary N) is 1. The van der Waals surface area contributed by atoms with Crippen LogP contribution in [0.1, 0.15) is 15.9 Å². The van der Waals surface area contributed by atoms with Gasteiger partial charge in [0.15, 0.2) is 11.5 Å². The van der Waals surface area contributed by atoms with Crippen molar-refractivity contribution in [3.63, 3.8) is 0 Å². The molecular weight excluding hydrogens is 401 g/mol. The zero-order valence-electron chi connectivity index (χ0n) is 13.8. The molecule has 0 unspecified atom stereocenters. The molecule has 0 heterocycles. The van der Waals surface area contributed by atoms with Gasteiger partial charge in [-0.1, -0.05) is 29.3 Å². The minimum atomic E-state index is -4.01. The van der Waals surface area contributed by atoms with E-state index in [9.17, 15) is 13.2 Å². The standard InChI is InChI=1S/C17H15Cl2NO5S/c1-24-15-6-4-12(10-16(15)25-2)17(21)20-26(22,23)8-7-11-3-5-13(18)14(19)9-11/h3-10H,1-2H3,(H,20,21). The first-order valence-corrected chi connectivity index (χ1v) is 9.48. The molecule has 0 aliphatic rings. The monoisotopic (exact) mass is 415 g/mol. The van der Waals surface area contributed by atoms with E-state index in [1.807, 2.05) is 4.72 Å². The maximum absolute atomic E-state index is 12.2. The largest absolute Gasteiger partial charge is 0.493 e. The number of halogens is 2. The quantitative estimate of drug-likeness (QED) is 0.776. The first kappa shape index (κ1) is 20.1. The average Bonchev–Trinajstić information content (AvgIpc) is 2.61. The van der Waals surface area contributed by atoms with Crippen LogP contribution in [0.5, 0.6) is 11.5 Å². The van der Waals surface area contributed by atoms with Crippen molar-refractivity contribution in [2.45, 2.75) is 0 Å². The summed E-state index contributed by atoms with van der Waals surface area (Å²) in [6.45, 7) is 0. The van der Waals surface area contributed by atoms with Crippen LogP contribution in [0.25, 0.3) is 6.08 Å². The van der Waals surface area contributed by atoms with E-state index in [-0.39, 0.29) is 5.56 Å². The second kappa shape index (κ2) is 8.44. The smallest absolute Gasteiger partial charge is 0.265 e. The molecule has 1 amide bonds. The molecule has 2 aromatic carbocycles. The Kier molecular flexibility index (Phi) is 6.52. The van der Waals surface area contributed by atoms with E-state index in [1.165, 1.54) is 44.6 Å². The maximum Gasteiger partial charge on any atom is 0.265 e. The van der Waals surface area contributed by atoms with Gasteiger partial charge in [0.2, 0.25) is 0 Å². The Morgan fingerprint density at radius 2 is 1.69 bits per heavy atom. The summed E-state index contributed by atoms with van der Waals surface area (Å²) in [7, 11) is -1.15. The van der Waals surface area contributed by atoms with Gasteiger partial charge in [-0.3, -0.25) is 4.79 Å². The fourth-order valence-electron chi connectivity index (χ4n) is 1.98. The fourth-order valence-corrected chi connectivity index (χ4v) is 3.07. The van der Waals surface area contributed by atoms with Gasteiger partial charge in [-0.15, -0.1) is 0 Å². The van der Waals surface area contributed by atoms with Crippen LogP contribution in [-0.2, 0) is 10.0 Å². The number of amides is 1. The molecule has 26 heavy (non-hydrogen) atoms. The Morgan fingerprint density at radius 1 is 1.00 bits per heavy atom. The topological polar surface area (TPSA) is 81.7 Å². The van der Waals surface area contributed by atoms with E-state index in [1.54, 1.807) is 12.1 Å². The van der Waals surface area contributed by atoms with Crippen LogP contribution in [0.2, 0.25) is 10.0 Å². The number of ether oxygens (including phenoxy) is 2. The van der Waals surface area contributed by atoms with E-state index >= 15 is 0 Å². The number of carbonyl (C=O) groups excluding carboxylic acids is 1. The molecule has 1 N–H and O–H groups in total.